The topological polar surface area (TPSA) is 75.3 Å². The van der Waals surface area contributed by atoms with Crippen molar-refractivity contribution in [3.8, 4) is 0 Å². The maximum atomic E-state index is 6.23. The van der Waals surface area contributed by atoms with Gasteiger partial charge in [0.05, 0.1) is 12.6 Å². The van der Waals surface area contributed by atoms with Gasteiger partial charge >= 0.3 is 0 Å². The minimum Gasteiger partial charge on any atom is -0.350 e. The number of aliphatic imine (C=N–C) groups is 1. The fraction of sp³-hybridized carbons (Fsp3) is 0.471. The Morgan fingerprint density at radius 3 is 2.62 bits per heavy atom. The Morgan fingerprint density at radius 1 is 1.33 bits per heavy atom. The zero-order valence-electron chi connectivity index (χ0n) is 14.7. The normalized spacial score (nSPS) is 13.7. The molecule has 0 radical (unpaired) electrons. The molecule has 1 aromatic heterocycles. The predicted octanol–water partition coefficient (Wildman–Crippen LogP) is 3.45. The van der Waals surface area contributed by atoms with Gasteiger partial charge in [0.2, 0.25) is 5.89 Å². The summed E-state index contributed by atoms with van der Waals surface area (Å²) < 4.78 is 5.28. The molecule has 6 nitrogen and oxygen atoms in total. The van der Waals surface area contributed by atoms with Crippen LogP contribution in [0.15, 0.2) is 33.8 Å². The van der Waals surface area contributed by atoms with Crippen LogP contribution in [0.5, 0.6) is 0 Å². The first-order valence-corrected chi connectivity index (χ1v) is 8.23. The van der Waals surface area contributed by atoms with Crippen LogP contribution in [0.4, 0.5) is 0 Å². The van der Waals surface area contributed by atoms with E-state index in [9.17, 15) is 0 Å². The van der Waals surface area contributed by atoms with Gasteiger partial charge in [0.1, 0.15) is 0 Å². The molecule has 0 fully saturated rings. The van der Waals surface area contributed by atoms with E-state index < -0.39 is 0 Å². The molecular formula is C17H24ClN5O. The highest BCUT2D eigenvalue weighted by Crippen LogP contribution is 2.22. The summed E-state index contributed by atoms with van der Waals surface area (Å²) in [5.74, 6) is 1.85. The number of rotatable bonds is 4. The van der Waals surface area contributed by atoms with E-state index in [0.29, 0.717) is 24.2 Å². The number of nitrogens with zero attached hydrogens (tertiary/aromatic N) is 3. The molecule has 1 unspecified atom stereocenters. The lowest BCUT2D eigenvalue weighted by Crippen LogP contribution is -2.38. The van der Waals surface area contributed by atoms with Gasteiger partial charge in [-0.15, -0.1) is 0 Å². The molecule has 0 amide bonds. The molecule has 0 bridgehead atoms. The molecule has 0 saturated heterocycles. The highest BCUT2D eigenvalue weighted by molar-refractivity contribution is 6.31. The van der Waals surface area contributed by atoms with Crippen LogP contribution < -0.4 is 10.6 Å². The Bertz CT molecular complexity index is 705. The zero-order valence-corrected chi connectivity index (χ0v) is 15.5. The Labute approximate surface area is 147 Å². The van der Waals surface area contributed by atoms with Crippen molar-refractivity contribution >= 4 is 17.6 Å². The summed E-state index contributed by atoms with van der Waals surface area (Å²) in [5, 5.41) is 11.2. The third-order valence-corrected chi connectivity index (χ3v) is 3.82. The first-order valence-electron chi connectivity index (χ1n) is 7.86. The molecule has 7 heteroatoms. The molecule has 130 valence electrons. The van der Waals surface area contributed by atoms with Crippen molar-refractivity contribution in [1.29, 1.82) is 0 Å². The van der Waals surface area contributed by atoms with Gasteiger partial charge < -0.3 is 15.2 Å². The van der Waals surface area contributed by atoms with Gasteiger partial charge in [0.15, 0.2) is 11.8 Å². The average molecular weight is 350 g/mol. The Balaban J connectivity index is 1.96. The van der Waals surface area contributed by atoms with Crippen LogP contribution in [0.3, 0.4) is 0 Å². The number of halogens is 1. The van der Waals surface area contributed by atoms with Crippen molar-refractivity contribution in [3.63, 3.8) is 0 Å². The van der Waals surface area contributed by atoms with Gasteiger partial charge in [-0.05, 0) is 18.6 Å². The third kappa shape index (κ3) is 4.71. The largest absolute Gasteiger partial charge is 0.350 e. The van der Waals surface area contributed by atoms with E-state index in [1.807, 2.05) is 52.0 Å². The van der Waals surface area contributed by atoms with Crippen molar-refractivity contribution in [3.05, 3.63) is 46.6 Å². The molecule has 1 heterocycles. The molecule has 24 heavy (non-hydrogen) atoms. The summed E-state index contributed by atoms with van der Waals surface area (Å²) in [6.07, 6.45) is 0. The van der Waals surface area contributed by atoms with Gasteiger partial charge in [-0.1, -0.05) is 55.7 Å². The van der Waals surface area contributed by atoms with Crippen LogP contribution in [0, 0.1) is 0 Å². The number of nitrogens with one attached hydrogen (secondary N) is 2. The molecule has 0 saturated carbocycles. The lowest BCUT2D eigenvalue weighted by atomic mass is 9.97. The van der Waals surface area contributed by atoms with Crippen molar-refractivity contribution in [1.82, 2.24) is 20.8 Å². The van der Waals surface area contributed by atoms with Crippen LogP contribution in [0.2, 0.25) is 5.02 Å². The summed E-state index contributed by atoms with van der Waals surface area (Å²) in [4.78, 5) is 8.61. The van der Waals surface area contributed by atoms with Gasteiger partial charge in [-0.2, -0.15) is 4.98 Å². The molecule has 2 aromatic rings. The maximum Gasteiger partial charge on any atom is 0.232 e. The van der Waals surface area contributed by atoms with E-state index >= 15 is 0 Å². The molecule has 1 aromatic carbocycles. The second-order valence-electron chi connectivity index (χ2n) is 6.58. The van der Waals surface area contributed by atoms with E-state index in [1.54, 1.807) is 7.05 Å². The lowest BCUT2D eigenvalue weighted by molar-refractivity contribution is 0.318. The fourth-order valence-corrected chi connectivity index (χ4v) is 2.40. The monoisotopic (exact) mass is 349 g/mol. The zero-order chi connectivity index (χ0) is 17.7. The van der Waals surface area contributed by atoms with Gasteiger partial charge in [-0.25, -0.2) is 0 Å². The van der Waals surface area contributed by atoms with Crippen molar-refractivity contribution < 1.29 is 4.52 Å². The minimum atomic E-state index is -0.163. The van der Waals surface area contributed by atoms with E-state index in [0.717, 1.165) is 10.6 Å². The highest BCUT2D eigenvalue weighted by atomic mass is 35.5. The SMILES string of the molecule is CN=C(NCc1noc(C(C)(C)C)n1)NC(C)c1ccccc1Cl. The number of guanidine groups is 1. The quantitative estimate of drug-likeness (QED) is 0.653. The van der Waals surface area contributed by atoms with Gasteiger partial charge in [-0.3, -0.25) is 4.99 Å². The maximum absolute atomic E-state index is 6.23. The summed E-state index contributed by atoms with van der Waals surface area (Å²) in [7, 11) is 1.71. The molecule has 0 aliphatic heterocycles. The van der Waals surface area contributed by atoms with Crippen molar-refractivity contribution in [2.45, 2.75) is 45.7 Å². The Kier molecular flexibility index (Phi) is 5.83. The Morgan fingerprint density at radius 2 is 2.04 bits per heavy atom. The second-order valence-corrected chi connectivity index (χ2v) is 6.99. The molecule has 1 atom stereocenters. The average Bonchev–Trinajstić information content (AvgIpc) is 3.00. The van der Waals surface area contributed by atoms with E-state index in [-0.39, 0.29) is 11.5 Å². The lowest BCUT2D eigenvalue weighted by Gasteiger charge is -2.18. The predicted molar refractivity (Wildman–Crippen MR) is 96.2 cm³/mol. The minimum absolute atomic E-state index is 0.0142. The number of benzene rings is 1. The smallest absolute Gasteiger partial charge is 0.232 e. The number of aromatic nitrogens is 2. The Hall–Kier alpha value is -2.08. The standard InChI is InChI=1S/C17H24ClN5O/c1-11(12-8-6-7-9-13(12)18)21-16(19-5)20-10-14-22-15(24-23-14)17(2,3)4/h6-9,11H,10H2,1-5H3,(H2,19,20,21). The summed E-state index contributed by atoms with van der Waals surface area (Å²) in [5.41, 5.74) is 0.848. The van der Waals surface area contributed by atoms with Crippen LogP contribution in [-0.2, 0) is 12.0 Å². The first-order chi connectivity index (χ1) is 11.3. The van der Waals surface area contributed by atoms with Crippen LogP contribution in [0.1, 0.15) is 51.0 Å². The van der Waals surface area contributed by atoms with Crippen LogP contribution >= 0.6 is 11.6 Å². The third-order valence-electron chi connectivity index (χ3n) is 3.47. The second kappa shape index (κ2) is 7.66. The molecule has 2 rings (SSSR count). The van der Waals surface area contributed by atoms with Crippen LogP contribution in [0.25, 0.3) is 0 Å². The molecular weight excluding hydrogens is 326 g/mol. The van der Waals surface area contributed by atoms with Crippen molar-refractivity contribution in [2.24, 2.45) is 4.99 Å². The first kappa shape index (κ1) is 18.3. The summed E-state index contributed by atoms with van der Waals surface area (Å²) in [6.45, 7) is 8.55. The number of hydrogen-bond acceptors (Lipinski definition) is 4. The summed E-state index contributed by atoms with van der Waals surface area (Å²) in [6, 6.07) is 7.75. The van der Waals surface area contributed by atoms with E-state index in [4.69, 9.17) is 16.1 Å². The van der Waals surface area contributed by atoms with Crippen LogP contribution in [-0.4, -0.2) is 23.1 Å². The van der Waals surface area contributed by atoms with E-state index in [1.165, 1.54) is 0 Å². The molecule has 0 spiro atoms. The van der Waals surface area contributed by atoms with Gasteiger partial charge in [0.25, 0.3) is 0 Å². The number of hydrogen-bond donors (Lipinski definition) is 2. The summed E-state index contributed by atoms with van der Waals surface area (Å²) >= 11 is 6.23. The molecule has 0 aliphatic carbocycles. The fourth-order valence-electron chi connectivity index (χ4n) is 2.10. The highest BCUT2D eigenvalue weighted by Gasteiger charge is 2.21. The van der Waals surface area contributed by atoms with Gasteiger partial charge in [0, 0.05) is 17.5 Å². The molecule has 0 aliphatic rings. The van der Waals surface area contributed by atoms with Crippen molar-refractivity contribution in [2.75, 3.05) is 7.05 Å². The molecule has 2 N–H and O–H groups in total. The van der Waals surface area contributed by atoms with E-state index in [2.05, 4.69) is 25.8 Å².